The van der Waals surface area contributed by atoms with Gasteiger partial charge in [-0.3, -0.25) is 9.59 Å². The number of nitrogens with zero attached hydrogens (tertiary/aromatic N) is 1. The lowest BCUT2D eigenvalue weighted by molar-refractivity contribution is -0.146. The molecule has 0 aromatic heterocycles. The fraction of sp³-hybridized carbons (Fsp3) is 0.375. The second kappa shape index (κ2) is 9.64. The van der Waals surface area contributed by atoms with E-state index in [1.165, 1.54) is 4.90 Å². The molecular formula is C24H28N2O5. The van der Waals surface area contributed by atoms with Gasteiger partial charge in [0.1, 0.15) is 13.2 Å². The molecule has 1 aliphatic carbocycles. The van der Waals surface area contributed by atoms with Crippen LogP contribution in [0.5, 0.6) is 0 Å². The third kappa shape index (κ3) is 4.87. The summed E-state index contributed by atoms with van der Waals surface area (Å²) >= 11 is 0. The van der Waals surface area contributed by atoms with Gasteiger partial charge in [0, 0.05) is 18.5 Å². The Hall–Kier alpha value is -3.35. The fourth-order valence-corrected chi connectivity index (χ4v) is 3.96. The van der Waals surface area contributed by atoms with Gasteiger partial charge in [0.05, 0.1) is 5.92 Å². The summed E-state index contributed by atoms with van der Waals surface area (Å²) in [6, 6.07) is 15.7. The number of carboxylic acids is 1. The lowest BCUT2D eigenvalue weighted by atomic mass is 9.98. The van der Waals surface area contributed by atoms with Crippen LogP contribution < -0.4 is 5.32 Å². The number of carboxylic acid groups (broad SMARTS) is 1. The van der Waals surface area contributed by atoms with Crippen molar-refractivity contribution in [1.82, 2.24) is 10.2 Å². The molecule has 0 fully saturated rings. The molecule has 0 spiro atoms. The van der Waals surface area contributed by atoms with Gasteiger partial charge in [-0.25, -0.2) is 4.79 Å². The van der Waals surface area contributed by atoms with Crippen molar-refractivity contribution in [1.29, 1.82) is 0 Å². The first-order chi connectivity index (χ1) is 14.8. The largest absolute Gasteiger partial charge is 0.480 e. The number of likely N-dealkylation sites (N-methyl/N-ethyl adjacent to an activating group) is 1. The van der Waals surface area contributed by atoms with Gasteiger partial charge < -0.3 is 20.1 Å². The number of ether oxygens (including phenoxy) is 1. The molecule has 2 amide bonds. The van der Waals surface area contributed by atoms with Crippen LogP contribution in [0.4, 0.5) is 4.79 Å². The number of amides is 2. The van der Waals surface area contributed by atoms with E-state index in [0.29, 0.717) is 0 Å². The highest BCUT2D eigenvalue weighted by Gasteiger charge is 2.30. The Balaban J connectivity index is 1.60. The van der Waals surface area contributed by atoms with Crippen molar-refractivity contribution in [3.63, 3.8) is 0 Å². The average Bonchev–Trinajstić information content (AvgIpc) is 3.08. The summed E-state index contributed by atoms with van der Waals surface area (Å²) in [4.78, 5) is 37.2. The maximum atomic E-state index is 12.5. The third-order valence-corrected chi connectivity index (χ3v) is 5.85. The Morgan fingerprint density at radius 3 is 2.10 bits per heavy atom. The van der Waals surface area contributed by atoms with E-state index in [4.69, 9.17) is 9.84 Å². The van der Waals surface area contributed by atoms with Gasteiger partial charge in [-0.2, -0.15) is 0 Å². The minimum atomic E-state index is -1.07. The molecule has 2 aromatic rings. The van der Waals surface area contributed by atoms with Gasteiger partial charge in [0.25, 0.3) is 0 Å². The zero-order valence-corrected chi connectivity index (χ0v) is 18.0. The van der Waals surface area contributed by atoms with Gasteiger partial charge in [-0.1, -0.05) is 55.5 Å². The molecule has 0 radical (unpaired) electrons. The van der Waals surface area contributed by atoms with E-state index in [-0.39, 0.29) is 31.5 Å². The number of benzene rings is 2. The monoisotopic (exact) mass is 424 g/mol. The van der Waals surface area contributed by atoms with Crippen LogP contribution in [0.25, 0.3) is 11.1 Å². The molecule has 3 rings (SSSR count). The summed E-state index contributed by atoms with van der Waals surface area (Å²) in [7, 11) is 0. The van der Waals surface area contributed by atoms with Crippen LogP contribution in [0.15, 0.2) is 48.5 Å². The Morgan fingerprint density at radius 1 is 1.03 bits per heavy atom. The molecule has 0 heterocycles. The smallest absolute Gasteiger partial charge is 0.407 e. The number of fused-ring (bicyclic) bond motifs is 3. The number of aliphatic carboxylic acids is 1. The van der Waals surface area contributed by atoms with Gasteiger partial charge >= 0.3 is 12.1 Å². The van der Waals surface area contributed by atoms with Crippen molar-refractivity contribution in [3.8, 4) is 11.1 Å². The first-order valence-corrected chi connectivity index (χ1v) is 10.5. The molecule has 1 aliphatic rings. The van der Waals surface area contributed by atoms with E-state index in [1.54, 1.807) is 20.8 Å². The van der Waals surface area contributed by atoms with Gasteiger partial charge in [0.2, 0.25) is 5.91 Å². The van der Waals surface area contributed by atoms with Gasteiger partial charge in [0.15, 0.2) is 0 Å². The van der Waals surface area contributed by atoms with Crippen LogP contribution >= 0.6 is 0 Å². The number of hydrogen-bond donors (Lipinski definition) is 2. The summed E-state index contributed by atoms with van der Waals surface area (Å²) in [5, 5.41) is 11.7. The molecule has 2 N–H and O–H groups in total. The van der Waals surface area contributed by atoms with Crippen molar-refractivity contribution >= 4 is 18.0 Å². The summed E-state index contributed by atoms with van der Waals surface area (Å²) < 4.78 is 5.52. The molecule has 164 valence electrons. The quantitative estimate of drug-likeness (QED) is 0.676. The fourth-order valence-electron chi connectivity index (χ4n) is 3.96. The Labute approximate surface area is 182 Å². The Kier molecular flexibility index (Phi) is 6.95. The van der Waals surface area contributed by atoms with Crippen molar-refractivity contribution in [2.24, 2.45) is 5.92 Å². The molecule has 0 saturated carbocycles. The van der Waals surface area contributed by atoms with Crippen LogP contribution in [-0.4, -0.2) is 53.7 Å². The zero-order chi connectivity index (χ0) is 22.5. The number of carbonyl (C=O) groups excluding carboxylic acids is 2. The molecule has 7 heteroatoms. The summed E-state index contributed by atoms with van der Waals surface area (Å²) in [5.74, 6) is -2.02. The maximum Gasteiger partial charge on any atom is 0.407 e. The van der Waals surface area contributed by atoms with Crippen molar-refractivity contribution < 1.29 is 24.2 Å². The molecule has 0 bridgehead atoms. The van der Waals surface area contributed by atoms with Crippen LogP contribution in [-0.2, 0) is 14.3 Å². The average molecular weight is 424 g/mol. The van der Waals surface area contributed by atoms with Crippen LogP contribution in [0.1, 0.15) is 37.8 Å². The number of hydrogen-bond acceptors (Lipinski definition) is 4. The molecular weight excluding hydrogens is 396 g/mol. The molecule has 0 saturated heterocycles. The summed E-state index contributed by atoms with van der Waals surface area (Å²) in [6.45, 7) is 5.20. The molecule has 2 unspecified atom stereocenters. The number of rotatable bonds is 8. The normalized spacial score (nSPS) is 14.2. The van der Waals surface area contributed by atoms with Gasteiger partial charge in [-0.15, -0.1) is 0 Å². The molecule has 31 heavy (non-hydrogen) atoms. The summed E-state index contributed by atoms with van der Waals surface area (Å²) in [5.41, 5.74) is 4.55. The van der Waals surface area contributed by atoms with Crippen molar-refractivity contribution in [2.75, 3.05) is 19.7 Å². The second-order valence-corrected chi connectivity index (χ2v) is 7.79. The SMILES string of the molecule is CCN(CC(=O)O)C(=O)C(C)C(C)NC(=O)OCC1c2ccccc2-c2ccccc21. The highest BCUT2D eigenvalue weighted by atomic mass is 16.5. The maximum absolute atomic E-state index is 12.5. The van der Waals surface area contributed by atoms with Crippen LogP contribution in [0.3, 0.4) is 0 Å². The van der Waals surface area contributed by atoms with E-state index < -0.39 is 24.0 Å². The standard InChI is InChI=1S/C24H28N2O5/c1-4-26(13-22(27)28)23(29)15(2)16(3)25-24(30)31-14-21-19-11-7-5-9-17(19)18-10-6-8-12-20(18)21/h5-12,15-16,21H,4,13-14H2,1-3H3,(H,25,30)(H,27,28). The second-order valence-electron chi connectivity index (χ2n) is 7.79. The highest BCUT2D eigenvalue weighted by Crippen LogP contribution is 2.44. The molecule has 7 nitrogen and oxygen atoms in total. The van der Waals surface area contributed by atoms with Crippen LogP contribution in [0.2, 0.25) is 0 Å². The molecule has 2 atom stereocenters. The lowest BCUT2D eigenvalue weighted by Crippen LogP contribution is -2.47. The van der Waals surface area contributed by atoms with Crippen molar-refractivity contribution in [2.45, 2.75) is 32.7 Å². The first kappa shape index (κ1) is 22.3. The Morgan fingerprint density at radius 2 is 1.58 bits per heavy atom. The molecule has 2 aromatic carbocycles. The van der Waals surface area contributed by atoms with E-state index in [9.17, 15) is 14.4 Å². The van der Waals surface area contributed by atoms with Crippen molar-refractivity contribution in [3.05, 3.63) is 59.7 Å². The van der Waals surface area contributed by atoms with Gasteiger partial charge in [-0.05, 0) is 36.1 Å². The lowest BCUT2D eigenvalue weighted by Gasteiger charge is -2.26. The van der Waals surface area contributed by atoms with E-state index in [0.717, 1.165) is 22.3 Å². The topological polar surface area (TPSA) is 95.9 Å². The first-order valence-electron chi connectivity index (χ1n) is 10.5. The predicted octanol–water partition coefficient (Wildman–Crippen LogP) is 3.48. The highest BCUT2D eigenvalue weighted by molar-refractivity contribution is 5.84. The number of alkyl carbamates (subject to hydrolysis) is 1. The number of nitrogens with one attached hydrogen (secondary N) is 1. The Bertz CT molecular complexity index is 928. The van der Waals surface area contributed by atoms with Crippen LogP contribution in [0, 0.1) is 5.92 Å². The summed E-state index contributed by atoms with van der Waals surface area (Å²) in [6.07, 6.45) is -0.602. The van der Waals surface area contributed by atoms with E-state index in [1.807, 2.05) is 36.4 Å². The number of carbonyl (C=O) groups is 3. The predicted molar refractivity (Wildman–Crippen MR) is 117 cm³/mol. The minimum absolute atomic E-state index is 0.0429. The van der Waals surface area contributed by atoms with E-state index >= 15 is 0 Å². The molecule has 0 aliphatic heterocycles. The minimum Gasteiger partial charge on any atom is -0.480 e. The zero-order valence-electron chi connectivity index (χ0n) is 18.0. The third-order valence-electron chi connectivity index (χ3n) is 5.85. The van der Waals surface area contributed by atoms with E-state index in [2.05, 4.69) is 17.4 Å².